The minimum absolute atomic E-state index is 0.186. The van der Waals surface area contributed by atoms with Crippen molar-refractivity contribution in [3.8, 4) is 0 Å². The average Bonchev–Trinajstić information content (AvgIpc) is 1.84. The molecule has 0 aromatic rings. The van der Waals surface area contributed by atoms with Crippen LogP contribution in [-0.2, 0) is 4.79 Å². The van der Waals surface area contributed by atoms with Gasteiger partial charge in [-0.2, -0.15) is 0 Å². The minimum atomic E-state index is -0.964. The van der Waals surface area contributed by atoms with Gasteiger partial charge in [0.1, 0.15) is 0 Å². The van der Waals surface area contributed by atoms with Crippen LogP contribution in [0.25, 0.3) is 0 Å². The lowest BCUT2D eigenvalue weighted by Crippen LogP contribution is -2.01. The molecule has 0 radical (unpaired) electrons. The summed E-state index contributed by atoms with van der Waals surface area (Å²) in [5.41, 5.74) is 0.186. The van der Waals surface area contributed by atoms with Gasteiger partial charge in [0.15, 0.2) is 0 Å². The molecule has 0 saturated carbocycles. The zero-order valence-corrected chi connectivity index (χ0v) is 5.77. The second kappa shape index (κ2) is 3.51. The fraction of sp³-hybridized carbons (Fsp3) is 0. The molecular formula is C8H7NO2. The van der Waals surface area contributed by atoms with E-state index in [2.05, 4.69) is 4.99 Å². The van der Waals surface area contributed by atoms with Crippen molar-refractivity contribution in [2.75, 3.05) is 0 Å². The van der Waals surface area contributed by atoms with Gasteiger partial charge in [-0.3, -0.25) is 4.99 Å². The summed E-state index contributed by atoms with van der Waals surface area (Å²) >= 11 is 0. The molecule has 11 heavy (non-hydrogen) atoms. The van der Waals surface area contributed by atoms with Crippen molar-refractivity contribution in [3.05, 3.63) is 36.1 Å². The Morgan fingerprint density at radius 3 is 2.91 bits per heavy atom. The van der Waals surface area contributed by atoms with Crippen molar-refractivity contribution >= 4 is 12.2 Å². The quantitative estimate of drug-likeness (QED) is 0.608. The zero-order valence-electron chi connectivity index (χ0n) is 5.77. The van der Waals surface area contributed by atoms with Gasteiger partial charge >= 0.3 is 5.97 Å². The van der Waals surface area contributed by atoms with Crippen molar-refractivity contribution in [2.45, 2.75) is 0 Å². The Bertz CT molecular complexity index is 272. The second-order valence-electron chi connectivity index (χ2n) is 1.93. The van der Waals surface area contributed by atoms with Gasteiger partial charge < -0.3 is 5.11 Å². The molecule has 0 spiro atoms. The number of carboxylic acids is 1. The Morgan fingerprint density at radius 1 is 1.36 bits per heavy atom. The van der Waals surface area contributed by atoms with E-state index < -0.39 is 5.97 Å². The molecule has 0 saturated heterocycles. The number of hydrogen-bond acceptors (Lipinski definition) is 2. The maximum atomic E-state index is 10.4. The Labute approximate surface area is 64.1 Å². The van der Waals surface area contributed by atoms with Crippen LogP contribution in [0, 0.1) is 0 Å². The molecule has 1 heterocycles. The lowest BCUT2D eigenvalue weighted by Gasteiger charge is -1.91. The third-order valence-electron chi connectivity index (χ3n) is 1.13. The van der Waals surface area contributed by atoms with E-state index in [4.69, 9.17) is 5.11 Å². The number of carbonyl (C=O) groups is 1. The first kappa shape index (κ1) is 7.47. The van der Waals surface area contributed by atoms with Crippen molar-refractivity contribution in [3.63, 3.8) is 0 Å². The first-order valence-corrected chi connectivity index (χ1v) is 3.10. The van der Waals surface area contributed by atoms with Gasteiger partial charge in [-0.25, -0.2) is 4.79 Å². The number of rotatable bonds is 1. The topological polar surface area (TPSA) is 49.7 Å². The number of aliphatic imine (C=N–C) groups is 1. The van der Waals surface area contributed by atoms with Gasteiger partial charge in [-0.05, 0) is 12.2 Å². The molecule has 0 aromatic carbocycles. The van der Waals surface area contributed by atoms with E-state index in [0.29, 0.717) is 0 Å². The van der Waals surface area contributed by atoms with Crippen molar-refractivity contribution in [2.24, 2.45) is 4.99 Å². The van der Waals surface area contributed by atoms with E-state index in [-0.39, 0.29) is 5.57 Å². The number of nitrogens with zero attached hydrogens (tertiary/aromatic N) is 1. The van der Waals surface area contributed by atoms with Gasteiger partial charge in [0.25, 0.3) is 0 Å². The second-order valence-corrected chi connectivity index (χ2v) is 1.93. The van der Waals surface area contributed by atoms with E-state index in [9.17, 15) is 4.79 Å². The highest BCUT2D eigenvalue weighted by atomic mass is 16.4. The van der Waals surface area contributed by atoms with E-state index >= 15 is 0 Å². The fourth-order valence-corrected chi connectivity index (χ4v) is 0.616. The molecule has 0 aromatic heterocycles. The standard InChI is InChI=1S/C8H7NO2/c10-8(11)7-4-2-1-3-5-9-6-7/h1-6H,(H,10,11). The Balaban J connectivity index is 2.87. The third kappa shape index (κ3) is 2.21. The van der Waals surface area contributed by atoms with E-state index in [1.165, 1.54) is 18.5 Å². The van der Waals surface area contributed by atoms with E-state index in [1.54, 1.807) is 18.2 Å². The molecular weight excluding hydrogens is 142 g/mol. The molecule has 0 atom stereocenters. The molecule has 1 aliphatic rings. The molecule has 3 nitrogen and oxygen atoms in total. The monoisotopic (exact) mass is 149 g/mol. The number of hydrogen-bond donors (Lipinski definition) is 1. The van der Waals surface area contributed by atoms with Gasteiger partial charge in [-0.15, -0.1) is 0 Å². The Hall–Kier alpha value is -1.64. The Kier molecular flexibility index (Phi) is 2.38. The van der Waals surface area contributed by atoms with Crippen LogP contribution in [-0.4, -0.2) is 17.3 Å². The SMILES string of the molecule is O=C(O)C1=CC=CC=CN=C1. The predicted octanol–water partition coefficient (Wildman–Crippen LogP) is 1.15. The maximum Gasteiger partial charge on any atom is 0.337 e. The molecule has 0 unspecified atom stereocenters. The summed E-state index contributed by atoms with van der Waals surface area (Å²) in [6.07, 6.45) is 9.44. The van der Waals surface area contributed by atoms with Crippen LogP contribution in [0.2, 0.25) is 0 Å². The summed E-state index contributed by atoms with van der Waals surface area (Å²) in [5.74, 6) is -0.964. The van der Waals surface area contributed by atoms with Gasteiger partial charge in [0.2, 0.25) is 0 Å². The summed E-state index contributed by atoms with van der Waals surface area (Å²) in [4.78, 5) is 14.1. The summed E-state index contributed by atoms with van der Waals surface area (Å²) in [6, 6.07) is 0. The molecule has 0 bridgehead atoms. The summed E-state index contributed by atoms with van der Waals surface area (Å²) in [5, 5.41) is 8.54. The molecule has 0 aliphatic carbocycles. The van der Waals surface area contributed by atoms with Crippen LogP contribution >= 0.6 is 0 Å². The number of aliphatic carboxylic acids is 1. The average molecular weight is 149 g/mol. The predicted molar refractivity (Wildman–Crippen MR) is 42.5 cm³/mol. The fourth-order valence-electron chi connectivity index (χ4n) is 0.616. The van der Waals surface area contributed by atoms with Crippen LogP contribution in [0.15, 0.2) is 41.1 Å². The highest BCUT2D eigenvalue weighted by molar-refractivity contribution is 6.08. The lowest BCUT2D eigenvalue weighted by atomic mass is 10.2. The summed E-state index contributed by atoms with van der Waals surface area (Å²) in [7, 11) is 0. The summed E-state index contributed by atoms with van der Waals surface area (Å²) in [6.45, 7) is 0. The first-order chi connectivity index (χ1) is 5.30. The Morgan fingerprint density at radius 2 is 2.18 bits per heavy atom. The van der Waals surface area contributed by atoms with Crippen LogP contribution in [0.1, 0.15) is 0 Å². The third-order valence-corrected chi connectivity index (χ3v) is 1.13. The molecule has 1 rings (SSSR count). The minimum Gasteiger partial charge on any atom is -0.478 e. The van der Waals surface area contributed by atoms with Crippen LogP contribution < -0.4 is 0 Å². The smallest absolute Gasteiger partial charge is 0.337 e. The van der Waals surface area contributed by atoms with E-state index in [1.807, 2.05) is 0 Å². The van der Waals surface area contributed by atoms with Gasteiger partial charge in [0, 0.05) is 12.4 Å². The molecule has 56 valence electrons. The van der Waals surface area contributed by atoms with Crippen LogP contribution in [0.5, 0.6) is 0 Å². The van der Waals surface area contributed by atoms with Crippen LogP contribution in [0.4, 0.5) is 0 Å². The van der Waals surface area contributed by atoms with Gasteiger partial charge in [0.05, 0.1) is 5.57 Å². The molecule has 0 amide bonds. The number of allylic oxidation sites excluding steroid dienone is 4. The van der Waals surface area contributed by atoms with Crippen molar-refractivity contribution < 1.29 is 9.90 Å². The summed E-state index contributed by atoms with van der Waals surface area (Å²) < 4.78 is 0. The number of carboxylic acid groups (broad SMARTS) is 1. The largest absolute Gasteiger partial charge is 0.478 e. The molecule has 0 fully saturated rings. The lowest BCUT2D eigenvalue weighted by molar-refractivity contribution is -0.132. The highest BCUT2D eigenvalue weighted by Gasteiger charge is 2.00. The maximum absolute atomic E-state index is 10.4. The van der Waals surface area contributed by atoms with E-state index in [0.717, 1.165) is 0 Å². The highest BCUT2D eigenvalue weighted by Crippen LogP contribution is 1.95. The van der Waals surface area contributed by atoms with Crippen LogP contribution in [0.3, 0.4) is 0 Å². The van der Waals surface area contributed by atoms with Gasteiger partial charge in [-0.1, -0.05) is 12.2 Å². The zero-order chi connectivity index (χ0) is 8.10. The molecule has 1 aliphatic heterocycles. The normalized spacial score (nSPS) is 15.5. The first-order valence-electron chi connectivity index (χ1n) is 3.10. The molecule has 3 heteroatoms. The van der Waals surface area contributed by atoms with Crippen molar-refractivity contribution in [1.82, 2.24) is 0 Å². The van der Waals surface area contributed by atoms with Crippen molar-refractivity contribution in [1.29, 1.82) is 0 Å². The molecule has 1 N–H and O–H groups in total.